The molecule has 0 bridgehead atoms. The second-order valence-corrected chi connectivity index (χ2v) is 10.6. The van der Waals surface area contributed by atoms with Crippen molar-refractivity contribution in [3.05, 3.63) is 138 Å². The zero-order chi connectivity index (χ0) is 27.2. The number of sulfonamides is 1. The van der Waals surface area contributed by atoms with Gasteiger partial charge in [-0.3, -0.25) is 9.10 Å². The predicted molar refractivity (Wildman–Crippen MR) is 153 cm³/mol. The molecule has 194 valence electrons. The Morgan fingerprint density at radius 3 is 2.21 bits per heavy atom. The van der Waals surface area contributed by atoms with Gasteiger partial charge in [-0.05, 0) is 46.7 Å². The molecular weight excluding hydrogens is 510 g/mol. The molecule has 7 nitrogen and oxygen atoms in total. The highest BCUT2D eigenvalue weighted by Crippen LogP contribution is 2.29. The maximum absolute atomic E-state index is 13.8. The average molecular weight is 536 g/mol. The van der Waals surface area contributed by atoms with Crippen LogP contribution >= 0.6 is 0 Å². The van der Waals surface area contributed by atoms with Crippen molar-refractivity contribution in [2.24, 2.45) is 5.10 Å². The van der Waals surface area contributed by atoms with Gasteiger partial charge in [0.25, 0.3) is 15.9 Å². The van der Waals surface area contributed by atoms with E-state index in [2.05, 4.69) is 10.5 Å². The van der Waals surface area contributed by atoms with Gasteiger partial charge >= 0.3 is 0 Å². The van der Waals surface area contributed by atoms with E-state index < -0.39 is 15.9 Å². The first kappa shape index (κ1) is 25.7. The number of amides is 1. The number of nitrogens with one attached hydrogen (secondary N) is 1. The summed E-state index contributed by atoms with van der Waals surface area (Å²) in [6.07, 6.45) is 1.38. The SMILES string of the molecule is O=C(N/N=C\c1c(O)ccc2ccccc12)c1ccccc1N(Cc1ccccc1)S(=O)(=O)c1ccccc1. The number of carbonyl (C=O) groups excluding carboxylic acids is 1. The fraction of sp³-hybridized carbons (Fsp3) is 0.0323. The Hall–Kier alpha value is -4.95. The lowest BCUT2D eigenvalue weighted by Crippen LogP contribution is -2.33. The summed E-state index contributed by atoms with van der Waals surface area (Å²) in [7, 11) is -4.02. The molecule has 5 aromatic rings. The van der Waals surface area contributed by atoms with Crippen molar-refractivity contribution in [1.82, 2.24) is 5.43 Å². The van der Waals surface area contributed by atoms with Crippen LogP contribution in [0.2, 0.25) is 0 Å². The molecule has 0 aliphatic rings. The number of rotatable bonds is 8. The van der Waals surface area contributed by atoms with Crippen LogP contribution in [0, 0.1) is 0 Å². The summed E-state index contributed by atoms with van der Waals surface area (Å²) in [6.45, 7) is 0.0233. The second-order valence-electron chi connectivity index (χ2n) is 8.75. The molecule has 8 heteroatoms. The Labute approximate surface area is 226 Å². The Morgan fingerprint density at radius 1 is 0.795 bits per heavy atom. The van der Waals surface area contributed by atoms with Gasteiger partial charge in [0.15, 0.2) is 0 Å². The molecule has 0 saturated heterocycles. The smallest absolute Gasteiger partial charge is 0.273 e. The number of phenolic OH excluding ortho intramolecular Hbond substituents is 1. The lowest BCUT2D eigenvalue weighted by Gasteiger charge is -2.26. The fourth-order valence-corrected chi connectivity index (χ4v) is 5.78. The number of nitrogens with zero attached hydrogens (tertiary/aromatic N) is 2. The number of hydrogen-bond donors (Lipinski definition) is 2. The molecule has 0 fully saturated rings. The van der Waals surface area contributed by atoms with E-state index >= 15 is 0 Å². The van der Waals surface area contributed by atoms with Gasteiger partial charge in [-0.2, -0.15) is 5.10 Å². The zero-order valence-corrected chi connectivity index (χ0v) is 21.6. The summed E-state index contributed by atoms with van der Waals surface area (Å²) in [6, 6.07) is 34.6. The fourth-order valence-electron chi connectivity index (χ4n) is 4.29. The van der Waals surface area contributed by atoms with Crippen LogP contribution < -0.4 is 9.73 Å². The maximum Gasteiger partial charge on any atom is 0.273 e. The van der Waals surface area contributed by atoms with E-state index in [-0.39, 0.29) is 28.4 Å². The van der Waals surface area contributed by atoms with Gasteiger partial charge in [-0.25, -0.2) is 13.8 Å². The summed E-state index contributed by atoms with van der Waals surface area (Å²) in [5, 5.41) is 16.1. The number of para-hydroxylation sites is 1. The second kappa shape index (κ2) is 11.2. The number of aromatic hydroxyl groups is 1. The number of benzene rings is 5. The van der Waals surface area contributed by atoms with Crippen LogP contribution in [-0.4, -0.2) is 25.6 Å². The lowest BCUT2D eigenvalue weighted by molar-refractivity contribution is 0.0955. The largest absolute Gasteiger partial charge is 0.507 e. The van der Waals surface area contributed by atoms with E-state index in [0.29, 0.717) is 5.56 Å². The number of carbonyl (C=O) groups is 1. The van der Waals surface area contributed by atoms with Crippen molar-refractivity contribution in [3.8, 4) is 5.75 Å². The number of hydrazone groups is 1. The summed E-state index contributed by atoms with van der Waals surface area (Å²) < 4.78 is 28.8. The van der Waals surface area contributed by atoms with E-state index in [1.807, 2.05) is 54.6 Å². The topological polar surface area (TPSA) is 99.1 Å². The molecular formula is C31H25N3O4S. The Balaban J connectivity index is 1.50. The third-order valence-corrected chi connectivity index (χ3v) is 8.00. The lowest BCUT2D eigenvalue weighted by atomic mass is 10.0. The molecule has 5 aromatic carbocycles. The summed E-state index contributed by atoms with van der Waals surface area (Å²) in [4.78, 5) is 13.4. The van der Waals surface area contributed by atoms with Crippen molar-refractivity contribution < 1.29 is 18.3 Å². The van der Waals surface area contributed by atoms with Crippen molar-refractivity contribution in [1.29, 1.82) is 0 Å². The van der Waals surface area contributed by atoms with Crippen LogP contribution in [0.1, 0.15) is 21.5 Å². The predicted octanol–water partition coefficient (Wildman–Crippen LogP) is 5.70. The van der Waals surface area contributed by atoms with Crippen LogP contribution in [0.5, 0.6) is 5.75 Å². The molecule has 0 radical (unpaired) electrons. The minimum absolute atomic E-state index is 0.0232. The van der Waals surface area contributed by atoms with E-state index in [1.165, 1.54) is 22.7 Å². The Kier molecular flexibility index (Phi) is 7.38. The molecule has 2 N–H and O–H groups in total. The Morgan fingerprint density at radius 2 is 1.44 bits per heavy atom. The standard InChI is InChI=1S/C31H25N3O4S/c35-30-20-19-24-13-7-8-16-26(24)28(30)21-32-33-31(36)27-17-9-10-18-29(27)34(22-23-11-3-1-4-12-23)39(37,38)25-14-5-2-6-15-25/h1-21,35H,22H2,(H,33,36)/b32-21-. The highest BCUT2D eigenvalue weighted by molar-refractivity contribution is 7.92. The molecule has 0 unspecified atom stereocenters. The molecule has 39 heavy (non-hydrogen) atoms. The highest BCUT2D eigenvalue weighted by Gasteiger charge is 2.28. The number of phenols is 1. The molecule has 0 spiro atoms. The monoisotopic (exact) mass is 535 g/mol. The molecule has 0 aliphatic heterocycles. The van der Waals surface area contributed by atoms with Crippen molar-refractivity contribution >= 4 is 38.6 Å². The van der Waals surface area contributed by atoms with Gasteiger partial charge in [0.05, 0.1) is 28.9 Å². The van der Waals surface area contributed by atoms with Gasteiger partial charge in [0.2, 0.25) is 0 Å². The molecule has 0 aromatic heterocycles. The number of anilines is 1. The maximum atomic E-state index is 13.8. The van der Waals surface area contributed by atoms with Crippen LogP contribution in [0.4, 0.5) is 5.69 Å². The molecule has 5 rings (SSSR count). The van der Waals surface area contributed by atoms with Gasteiger partial charge in [0, 0.05) is 5.56 Å². The van der Waals surface area contributed by atoms with Crippen LogP contribution in [0.15, 0.2) is 131 Å². The minimum Gasteiger partial charge on any atom is -0.507 e. The van der Waals surface area contributed by atoms with Gasteiger partial charge in [0.1, 0.15) is 5.75 Å². The van der Waals surface area contributed by atoms with Crippen molar-refractivity contribution in [3.63, 3.8) is 0 Å². The zero-order valence-electron chi connectivity index (χ0n) is 20.8. The van der Waals surface area contributed by atoms with E-state index in [4.69, 9.17) is 0 Å². The highest BCUT2D eigenvalue weighted by atomic mass is 32.2. The first-order valence-corrected chi connectivity index (χ1v) is 13.6. The minimum atomic E-state index is -4.02. The van der Waals surface area contributed by atoms with E-state index in [1.54, 1.807) is 54.6 Å². The molecule has 1 amide bonds. The molecule has 0 aliphatic carbocycles. The quantitative estimate of drug-likeness (QED) is 0.197. The summed E-state index contributed by atoms with van der Waals surface area (Å²) >= 11 is 0. The molecule has 0 saturated carbocycles. The third kappa shape index (κ3) is 5.51. The van der Waals surface area contributed by atoms with Gasteiger partial charge in [-0.15, -0.1) is 0 Å². The first-order chi connectivity index (χ1) is 18.9. The third-order valence-electron chi connectivity index (χ3n) is 6.22. The normalized spacial score (nSPS) is 11.5. The number of hydrogen-bond acceptors (Lipinski definition) is 5. The van der Waals surface area contributed by atoms with E-state index in [0.717, 1.165) is 16.3 Å². The van der Waals surface area contributed by atoms with Crippen LogP contribution in [0.3, 0.4) is 0 Å². The van der Waals surface area contributed by atoms with Crippen LogP contribution in [-0.2, 0) is 16.6 Å². The van der Waals surface area contributed by atoms with Gasteiger partial charge < -0.3 is 5.11 Å². The van der Waals surface area contributed by atoms with Crippen molar-refractivity contribution in [2.75, 3.05) is 4.31 Å². The Bertz CT molecular complexity index is 1760. The van der Waals surface area contributed by atoms with Crippen molar-refractivity contribution in [2.45, 2.75) is 11.4 Å². The van der Waals surface area contributed by atoms with Gasteiger partial charge in [-0.1, -0.05) is 91.0 Å². The summed E-state index contributed by atoms with van der Waals surface area (Å²) in [5.74, 6) is -0.571. The summed E-state index contributed by atoms with van der Waals surface area (Å²) in [5.41, 5.74) is 4.05. The van der Waals surface area contributed by atoms with E-state index in [9.17, 15) is 18.3 Å². The average Bonchev–Trinajstić information content (AvgIpc) is 2.98. The molecule has 0 atom stereocenters. The molecule has 0 heterocycles. The first-order valence-electron chi connectivity index (χ1n) is 12.2. The van der Waals surface area contributed by atoms with Crippen LogP contribution in [0.25, 0.3) is 10.8 Å². The number of fused-ring (bicyclic) bond motifs is 1.